The van der Waals surface area contributed by atoms with Crippen LogP contribution in [-0.2, 0) is 5.41 Å². The summed E-state index contributed by atoms with van der Waals surface area (Å²) in [6.07, 6.45) is 2.37. The van der Waals surface area contributed by atoms with Crippen LogP contribution in [0.3, 0.4) is 0 Å². The molecule has 0 saturated heterocycles. The van der Waals surface area contributed by atoms with Crippen molar-refractivity contribution in [3.05, 3.63) is 16.2 Å². The Kier molecular flexibility index (Phi) is 2.18. The number of nitrogens with two attached hydrogens (primary N) is 1. The van der Waals surface area contributed by atoms with Crippen molar-refractivity contribution in [2.45, 2.75) is 25.2 Å². The van der Waals surface area contributed by atoms with E-state index in [4.69, 9.17) is 10.5 Å². The van der Waals surface area contributed by atoms with Crippen molar-refractivity contribution in [1.82, 2.24) is 4.98 Å². The summed E-state index contributed by atoms with van der Waals surface area (Å²) in [7, 11) is 1.60. The van der Waals surface area contributed by atoms with Crippen molar-refractivity contribution in [2.75, 3.05) is 12.8 Å². The second kappa shape index (κ2) is 3.12. The summed E-state index contributed by atoms with van der Waals surface area (Å²) >= 11 is 3.35. The topological polar surface area (TPSA) is 48.1 Å². The summed E-state index contributed by atoms with van der Waals surface area (Å²) < 4.78 is 5.89. The Bertz CT molecular complexity index is 375. The Morgan fingerprint density at radius 2 is 2.21 bits per heavy atom. The van der Waals surface area contributed by atoms with Gasteiger partial charge in [-0.05, 0) is 34.8 Å². The largest absolute Gasteiger partial charge is 0.480 e. The Morgan fingerprint density at radius 1 is 1.57 bits per heavy atom. The monoisotopic (exact) mass is 256 g/mol. The molecule has 76 valence electrons. The first-order valence-electron chi connectivity index (χ1n) is 4.57. The Balaban J connectivity index is 2.48. The predicted octanol–water partition coefficient (Wildman–Crippen LogP) is 2.49. The van der Waals surface area contributed by atoms with Crippen LogP contribution >= 0.6 is 15.9 Å². The van der Waals surface area contributed by atoms with E-state index >= 15 is 0 Å². The molecule has 2 N–H and O–H groups in total. The number of ether oxygens (including phenoxy) is 1. The average molecular weight is 257 g/mol. The molecule has 0 spiro atoms. The first-order chi connectivity index (χ1) is 6.57. The van der Waals surface area contributed by atoms with Crippen molar-refractivity contribution in [2.24, 2.45) is 0 Å². The zero-order chi connectivity index (χ0) is 10.3. The molecule has 1 saturated carbocycles. The summed E-state index contributed by atoms with van der Waals surface area (Å²) in [5, 5.41) is 0. The maximum atomic E-state index is 5.85. The molecule has 14 heavy (non-hydrogen) atoms. The van der Waals surface area contributed by atoms with Crippen LogP contribution in [0.4, 0.5) is 5.69 Å². The highest BCUT2D eigenvalue weighted by atomic mass is 79.9. The van der Waals surface area contributed by atoms with Gasteiger partial charge in [-0.15, -0.1) is 0 Å². The number of rotatable bonds is 2. The fraction of sp³-hybridized carbons (Fsp3) is 0.500. The zero-order valence-electron chi connectivity index (χ0n) is 8.30. The Labute approximate surface area is 91.8 Å². The van der Waals surface area contributed by atoms with Gasteiger partial charge in [-0.25, -0.2) is 4.98 Å². The number of hydrogen-bond donors (Lipinski definition) is 1. The van der Waals surface area contributed by atoms with Crippen molar-refractivity contribution < 1.29 is 4.74 Å². The van der Waals surface area contributed by atoms with Crippen LogP contribution in [0.1, 0.15) is 25.5 Å². The van der Waals surface area contributed by atoms with Crippen LogP contribution in [0.2, 0.25) is 0 Å². The molecule has 0 radical (unpaired) electrons. The van der Waals surface area contributed by atoms with E-state index in [0.29, 0.717) is 11.6 Å². The highest BCUT2D eigenvalue weighted by molar-refractivity contribution is 9.10. The second-order valence-corrected chi connectivity index (χ2v) is 4.77. The number of pyridine rings is 1. The molecule has 0 amide bonds. The van der Waals surface area contributed by atoms with E-state index in [1.54, 1.807) is 7.11 Å². The highest BCUT2D eigenvalue weighted by Gasteiger charge is 2.41. The number of nitrogen functional groups attached to an aromatic ring is 1. The van der Waals surface area contributed by atoms with E-state index in [2.05, 4.69) is 27.8 Å². The van der Waals surface area contributed by atoms with Crippen molar-refractivity contribution >= 4 is 21.6 Å². The summed E-state index contributed by atoms with van der Waals surface area (Å²) in [4.78, 5) is 4.44. The van der Waals surface area contributed by atoms with Crippen LogP contribution in [0.5, 0.6) is 5.88 Å². The molecule has 1 heterocycles. The molecule has 1 aliphatic carbocycles. The van der Waals surface area contributed by atoms with Gasteiger partial charge in [0.25, 0.3) is 0 Å². The minimum Gasteiger partial charge on any atom is -0.480 e. The molecular weight excluding hydrogens is 244 g/mol. The van der Waals surface area contributed by atoms with Gasteiger partial charge in [0.05, 0.1) is 18.5 Å². The first kappa shape index (κ1) is 9.77. The van der Waals surface area contributed by atoms with Gasteiger partial charge in [-0.2, -0.15) is 0 Å². The lowest BCUT2D eigenvalue weighted by Gasteiger charge is -2.12. The summed E-state index contributed by atoms with van der Waals surface area (Å²) in [6.45, 7) is 2.20. The number of methoxy groups -OCH3 is 1. The summed E-state index contributed by atoms with van der Waals surface area (Å²) in [6, 6.07) is 1.93. The predicted molar refractivity (Wildman–Crippen MR) is 59.5 cm³/mol. The third-order valence-electron chi connectivity index (χ3n) is 2.77. The molecule has 0 bridgehead atoms. The molecule has 1 aromatic heterocycles. The molecular formula is C10H13BrN2O. The van der Waals surface area contributed by atoms with Gasteiger partial charge >= 0.3 is 0 Å². The molecule has 1 aromatic rings. The van der Waals surface area contributed by atoms with Crippen molar-refractivity contribution in [3.8, 4) is 5.88 Å². The molecule has 0 atom stereocenters. The minimum absolute atomic E-state index is 0.224. The fourth-order valence-corrected chi connectivity index (χ4v) is 1.78. The number of halogens is 1. The lowest BCUT2D eigenvalue weighted by molar-refractivity contribution is 0.392. The van der Waals surface area contributed by atoms with Crippen LogP contribution in [-0.4, -0.2) is 12.1 Å². The van der Waals surface area contributed by atoms with E-state index in [9.17, 15) is 0 Å². The minimum atomic E-state index is 0.224. The van der Waals surface area contributed by atoms with Gasteiger partial charge in [-0.1, -0.05) is 6.92 Å². The van der Waals surface area contributed by atoms with Crippen LogP contribution in [0.25, 0.3) is 0 Å². The summed E-state index contributed by atoms with van der Waals surface area (Å²) in [5.41, 5.74) is 7.81. The third kappa shape index (κ3) is 1.47. The van der Waals surface area contributed by atoms with Gasteiger partial charge in [0, 0.05) is 5.41 Å². The van der Waals surface area contributed by atoms with Crippen LogP contribution in [0, 0.1) is 0 Å². The molecule has 0 aromatic carbocycles. The normalized spacial score (nSPS) is 17.9. The molecule has 4 heteroatoms. The van der Waals surface area contributed by atoms with Gasteiger partial charge in [-0.3, -0.25) is 0 Å². The molecule has 0 aliphatic heterocycles. The number of nitrogens with zero attached hydrogens (tertiary/aromatic N) is 1. The average Bonchev–Trinajstić information content (AvgIpc) is 2.89. The smallest absolute Gasteiger partial charge is 0.230 e. The number of hydrogen-bond acceptors (Lipinski definition) is 3. The fourth-order valence-electron chi connectivity index (χ4n) is 1.41. The lowest BCUT2D eigenvalue weighted by Crippen LogP contribution is -2.06. The van der Waals surface area contributed by atoms with Gasteiger partial charge in [0.2, 0.25) is 5.88 Å². The van der Waals surface area contributed by atoms with Gasteiger partial charge < -0.3 is 10.5 Å². The van der Waals surface area contributed by atoms with Crippen LogP contribution in [0.15, 0.2) is 10.5 Å². The first-order valence-corrected chi connectivity index (χ1v) is 5.36. The molecule has 3 nitrogen and oxygen atoms in total. The van der Waals surface area contributed by atoms with E-state index in [0.717, 1.165) is 10.2 Å². The van der Waals surface area contributed by atoms with Gasteiger partial charge in [0.1, 0.15) is 4.47 Å². The molecule has 1 fully saturated rings. The quantitative estimate of drug-likeness (QED) is 0.885. The summed E-state index contributed by atoms with van der Waals surface area (Å²) in [5.74, 6) is 0.577. The number of aromatic nitrogens is 1. The van der Waals surface area contributed by atoms with Crippen molar-refractivity contribution in [1.29, 1.82) is 0 Å². The maximum Gasteiger partial charge on any atom is 0.230 e. The zero-order valence-corrected chi connectivity index (χ0v) is 9.89. The lowest BCUT2D eigenvalue weighted by atomic mass is 10.0. The van der Waals surface area contributed by atoms with Crippen molar-refractivity contribution in [3.63, 3.8) is 0 Å². The molecule has 1 aliphatic rings. The third-order valence-corrected chi connectivity index (χ3v) is 3.56. The highest BCUT2D eigenvalue weighted by Crippen LogP contribution is 2.48. The van der Waals surface area contributed by atoms with E-state index in [1.165, 1.54) is 12.8 Å². The van der Waals surface area contributed by atoms with E-state index in [-0.39, 0.29) is 5.41 Å². The Morgan fingerprint density at radius 3 is 2.71 bits per heavy atom. The Hall–Kier alpha value is -0.770. The van der Waals surface area contributed by atoms with E-state index < -0.39 is 0 Å². The maximum absolute atomic E-state index is 5.85. The SMILES string of the molecule is COc1nc(C2(C)CC2)cc(N)c1Br. The molecule has 2 rings (SSSR count). The molecule has 0 unspecified atom stereocenters. The number of anilines is 1. The van der Waals surface area contributed by atoms with Gasteiger partial charge in [0.15, 0.2) is 0 Å². The van der Waals surface area contributed by atoms with E-state index in [1.807, 2.05) is 6.07 Å². The van der Waals surface area contributed by atoms with Crippen LogP contribution < -0.4 is 10.5 Å². The second-order valence-electron chi connectivity index (χ2n) is 3.98. The standard InChI is InChI=1S/C10H13BrN2O/c1-10(3-4-10)7-5-6(12)8(11)9(13-7)14-2/h5H,3-4H2,1-2H3,(H2,12,13).